The van der Waals surface area contributed by atoms with E-state index in [1.54, 1.807) is 28.8 Å². The van der Waals surface area contributed by atoms with E-state index >= 15 is 0 Å². The van der Waals surface area contributed by atoms with Crippen LogP contribution in [0.5, 0.6) is 0 Å². The molecule has 7 nitrogen and oxygen atoms in total. The fraction of sp³-hybridized carbons (Fsp3) is 0.381. The first-order valence-electron chi connectivity index (χ1n) is 9.73. The smallest absolute Gasteiger partial charge is 0.293 e. The average Bonchev–Trinajstić information content (AvgIpc) is 2.91. The third-order valence-electron chi connectivity index (χ3n) is 5.26. The number of carbonyl (C=O) groups is 1. The fourth-order valence-corrected chi connectivity index (χ4v) is 4.84. The Kier molecular flexibility index (Phi) is 5.73. The van der Waals surface area contributed by atoms with Gasteiger partial charge in [-0.1, -0.05) is 19.1 Å². The molecule has 152 valence electrons. The van der Waals surface area contributed by atoms with Crippen LogP contribution in [0.3, 0.4) is 0 Å². The van der Waals surface area contributed by atoms with Gasteiger partial charge in [0.25, 0.3) is 11.6 Å². The Bertz CT molecular complexity index is 930. The zero-order valence-corrected chi connectivity index (χ0v) is 17.1. The van der Waals surface area contributed by atoms with Gasteiger partial charge in [-0.05, 0) is 30.7 Å². The minimum atomic E-state index is -0.407. The number of ether oxygens (including phenoxy) is 1. The summed E-state index contributed by atoms with van der Waals surface area (Å²) >= 11 is 1.76. The molecule has 1 amide bonds. The van der Waals surface area contributed by atoms with Crippen LogP contribution < -0.4 is 9.80 Å². The number of amides is 1. The van der Waals surface area contributed by atoms with Gasteiger partial charge in [0.2, 0.25) is 0 Å². The standard InChI is InChI=1S/C21H23N3O4S/c1-15-8-9-23(18-4-2-3-5-20(18)29-15)21(25)16-6-7-17(19(14-16)24(26)27)22-10-12-28-13-11-22/h2-7,14-15H,8-13H2,1H3. The number of nitro groups is 1. The van der Waals surface area contributed by atoms with Crippen molar-refractivity contribution in [2.24, 2.45) is 0 Å². The van der Waals surface area contributed by atoms with Gasteiger partial charge in [0.1, 0.15) is 5.69 Å². The highest BCUT2D eigenvalue weighted by Crippen LogP contribution is 2.38. The predicted octanol–water partition coefficient (Wildman–Crippen LogP) is 3.96. The molecule has 0 bridgehead atoms. The highest BCUT2D eigenvalue weighted by molar-refractivity contribution is 8.00. The van der Waals surface area contributed by atoms with Crippen molar-refractivity contribution in [2.75, 3.05) is 42.6 Å². The summed E-state index contributed by atoms with van der Waals surface area (Å²) in [7, 11) is 0. The Morgan fingerprint density at radius 1 is 1.14 bits per heavy atom. The summed E-state index contributed by atoms with van der Waals surface area (Å²) in [5.41, 5.74) is 1.70. The fourth-order valence-electron chi connectivity index (χ4n) is 3.73. The summed E-state index contributed by atoms with van der Waals surface area (Å²) in [6, 6.07) is 12.6. The van der Waals surface area contributed by atoms with E-state index in [0.29, 0.717) is 49.3 Å². The third kappa shape index (κ3) is 4.09. The van der Waals surface area contributed by atoms with Gasteiger partial charge >= 0.3 is 0 Å². The van der Waals surface area contributed by atoms with Crippen LogP contribution in [0.25, 0.3) is 0 Å². The Morgan fingerprint density at radius 2 is 1.90 bits per heavy atom. The molecule has 1 fully saturated rings. The normalized spacial score (nSPS) is 19.4. The van der Waals surface area contributed by atoms with Gasteiger partial charge in [-0.25, -0.2) is 0 Å². The maximum atomic E-state index is 13.3. The molecule has 8 heteroatoms. The first kappa shape index (κ1) is 19.7. The number of hydrogen-bond donors (Lipinski definition) is 0. The molecular weight excluding hydrogens is 390 g/mol. The van der Waals surface area contributed by atoms with E-state index in [9.17, 15) is 14.9 Å². The van der Waals surface area contributed by atoms with E-state index < -0.39 is 4.92 Å². The van der Waals surface area contributed by atoms with Gasteiger partial charge in [0.15, 0.2) is 0 Å². The van der Waals surface area contributed by atoms with Crippen molar-refractivity contribution < 1.29 is 14.5 Å². The van der Waals surface area contributed by atoms with Gasteiger partial charge in [-0.3, -0.25) is 14.9 Å². The van der Waals surface area contributed by atoms with Crippen LogP contribution in [0.1, 0.15) is 23.7 Å². The largest absolute Gasteiger partial charge is 0.378 e. The maximum absolute atomic E-state index is 13.3. The van der Waals surface area contributed by atoms with Crippen molar-refractivity contribution in [3.63, 3.8) is 0 Å². The summed E-state index contributed by atoms with van der Waals surface area (Å²) < 4.78 is 5.34. The van der Waals surface area contributed by atoms with Gasteiger partial charge in [0, 0.05) is 41.4 Å². The molecule has 0 saturated carbocycles. The van der Waals surface area contributed by atoms with E-state index in [0.717, 1.165) is 17.0 Å². The van der Waals surface area contributed by atoms with Crippen molar-refractivity contribution in [1.82, 2.24) is 0 Å². The second-order valence-electron chi connectivity index (χ2n) is 7.20. The molecule has 1 saturated heterocycles. The summed E-state index contributed by atoms with van der Waals surface area (Å²) in [6.45, 7) is 5.02. The first-order chi connectivity index (χ1) is 14.0. The molecule has 0 N–H and O–H groups in total. The zero-order chi connectivity index (χ0) is 20.4. The zero-order valence-electron chi connectivity index (χ0n) is 16.2. The van der Waals surface area contributed by atoms with E-state index in [2.05, 4.69) is 6.92 Å². The molecule has 0 aliphatic carbocycles. The lowest BCUT2D eigenvalue weighted by Crippen LogP contribution is -2.36. The van der Waals surface area contributed by atoms with Crippen molar-refractivity contribution in [1.29, 1.82) is 0 Å². The second-order valence-corrected chi connectivity index (χ2v) is 8.68. The van der Waals surface area contributed by atoms with E-state index in [-0.39, 0.29) is 11.6 Å². The van der Waals surface area contributed by atoms with Crippen molar-refractivity contribution in [3.8, 4) is 0 Å². The van der Waals surface area contributed by atoms with Crippen LogP contribution in [0.2, 0.25) is 0 Å². The number of hydrogen-bond acceptors (Lipinski definition) is 6. The van der Waals surface area contributed by atoms with Gasteiger partial charge < -0.3 is 14.5 Å². The molecule has 0 spiro atoms. The van der Waals surface area contributed by atoms with Crippen LogP contribution in [0, 0.1) is 10.1 Å². The van der Waals surface area contributed by atoms with Crippen LogP contribution in [-0.2, 0) is 4.74 Å². The summed E-state index contributed by atoms with van der Waals surface area (Å²) in [4.78, 5) is 29.4. The lowest BCUT2D eigenvalue weighted by atomic mass is 10.1. The molecule has 0 radical (unpaired) electrons. The molecule has 1 atom stereocenters. The maximum Gasteiger partial charge on any atom is 0.293 e. The number of anilines is 2. The van der Waals surface area contributed by atoms with E-state index in [4.69, 9.17) is 4.74 Å². The topological polar surface area (TPSA) is 75.9 Å². The third-order valence-corrected chi connectivity index (χ3v) is 6.50. The number of thioether (sulfide) groups is 1. The Hall–Kier alpha value is -2.58. The lowest BCUT2D eigenvalue weighted by Gasteiger charge is -2.28. The molecule has 2 aromatic carbocycles. The number of benzene rings is 2. The molecule has 2 aliphatic heterocycles. The van der Waals surface area contributed by atoms with Gasteiger partial charge in [-0.15, -0.1) is 11.8 Å². The summed E-state index contributed by atoms with van der Waals surface area (Å²) in [5, 5.41) is 12.1. The molecule has 1 unspecified atom stereocenters. The van der Waals surface area contributed by atoms with Gasteiger partial charge in [0.05, 0.1) is 23.8 Å². The Labute approximate surface area is 173 Å². The van der Waals surface area contributed by atoms with Crippen LogP contribution in [-0.4, -0.2) is 48.9 Å². The number of morpholine rings is 1. The minimum absolute atomic E-state index is 0.0383. The highest BCUT2D eigenvalue weighted by Gasteiger charge is 2.28. The minimum Gasteiger partial charge on any atom is -0.378 e. The lowest BCUT2D eigenvalue weighted by molar-refractivity contribution is -0.384. The van der Waals surface area contributed by atoms with Crippen molar-refractivity contribution in [2.45, 2.75) is 23.5 Å². The van der Waals surface area contributed by atoms with Gasteiger partial charge in [-0.2, -0.15) is 0 Å². The molecule has 2 heterocycles. The van der Waals surface area contributed by atoms with Crippen molar-refractivity contribution in [3.05, 3.63) is 58.1 Å². The summed E-state index contributed by atoms with van der Waals surface area (Å²) in [6.07, 6.45) is 0.860. The average molecular weight is 413 g/mol. The van der Waals surface area contributed by atoms with Crippen LogP contribution >= 0.6 is 11.8 Å². The SMILES string of the molecule is CC1CCN(C(=O)c2ccc(N3CCOCC3)c([N+](=O)[O-])c2)c2ccccc2S1. The number of rotatable bonds is 3. The Morgan fingerprint density at radius 3 is 2.66 bits per heavy atom. The molecule has 0 aromatic heterocycles. The molecule has 29 heavy (non-hydrogen) atoms. The number of para-hydroxylation sites is 1. The van der Waals surface area contributed by atoms with E-state index in [1.165, 1.54) is 6.07 Å². The number of nitrogens with zero attached hydrogens (tertiary/aromatic N) is 3. The monoisotopic (exact) mass is 413 g/mol. The van der Waals surface area contributed by atoms with E-state index in [1.807, 2.05) is 29.2 Å². The first-order valence-corrected chi connectivity index (χ1v) is 10.6. The second kappa shape index (κ2) is 8.42. The summed E-state index contributed by atoms with van der Waals surface area (Å²) in [5.74, 6) is -0.205. The molecule has 2 aromatic rings. The molecule has 4 rings (SSSR count). The number of nitro benzene ring substituents is 1. The predicted molar refractivity (Wildman–Crippen MR) is 114 cm³/mol. The number of fused-ring (bicyclic) bond motifs is 1. The number of carbonyl (C=O) groups excluding carboxylic acids is 1. The Balaban J connectivity index is 1.68. The van der Waals surface area contributed by atoms with Crippen LogP contribution in [0.4, 0.5) is 17.1 Å². The van der Waals surface area contributed by atoms with Crippen LogP contribution in [0.15, 0.2) is 47.4 Å². The van der Waals surface area contributed by atoms with Crippen molar-refractivity contribution >= 4 is 34.7 Å². The molecule has 2 aliphatic rings. The highest BCUT2D eigenvalue weighted by atomic mass is 32.2. The molecular formula is C21H23N3O4S. The quantitative estimate of drug-likeness (QED) is 0.560.